The molecule has 21 heavy (non-hydrogen) atoms. The first-order chi connectivity index (χ1) is 10.1. The Kier molecular flexibility index (Phi) is 5.39. The molecule has 0 spiro atoms. The van der Waals surface area contributed by atoms with Gasteiger partial charge in [-0.2, -0.15) is 5.10 Å². The summed E-state index contributed by atoms with van der Waals surface area (Å²) in [5.74, 6) is 0.600. The van der Waals surface area contributed by atoms with Crippen LogP contribution in [0.2, 0.25) is 5.02 Å². The standard InChI is InChI=1S/C16H20ClN3O/c1-12(2)8-9-18-14-10-19-20(16(21)15(14)17)11-13-6-4-3-5-7-13/h3-7,10,12,18H,8-9,11H2,1-2H3. The normalized spacial score (nSPS) is 10.9. The van der Waals surface area contributed by atoms with Gasteiger partial charge in [0.05, 0.1) is 18.4 Å². The highest BCUT2D eigenvalue weighted by atomic mass is 35.5. The number of hydrogen-bond acceptors (Lipinski definition) is 3. The molecule has 5 heteroatoms. The Labute approximate surface area is 129 Å². The van der Waals surface area contributed by atoms with Crippen LogP contribution in [-0.4, -0.2) is 16.3 Å². The molecule has 0 unspecified atom stereocenters. The average molecular weight is 306 g/mol. The van der Waals surface area contributed by atoms with Gasteiger partial charge in [-0.05, 0) is 17.9 Å². The van der Waals surface area contributed by atoms with Crippen LogP contribution in [-0.2, 0) is 6.54 Å². The third kappa shape index (κ3) is 4.33. The molecule has 112 valence electrons. The highest BCUT2D eigenvalue weighted by molar-refractivity contribution is 6.32. The van der Waals surface area contributed by atoms with E-state index in [1.807, 2.05) is 30.3 Å². The molecule has 0 aliphatic heterocycles. The SMILES string of the molecule is CC(C)CCNc1cnn(Cc2ccccc2)c(=O)c1Cl. The predicted octanol–water partition coefficient (Wildman–Crippen LogP) is 3.40. The molecule has 1 N–H and O–H groups in total. The molecule has 0 saturated heterocycles. The molecule has 0 aliphatic carbocycles. The van der Waals surface area contributed by atoms with Crippen LogP contribution < -0.4 is 10.9 Å². The topological polar surface area (TPSA) is 46.9 Å². The fraction of sp³-hybridized carbons (Fsp3) is 0.375. The monoisotopic (exact) mass is 305 g/mol. The summed E-state index contributed by atoms with van der Waals surface area (Å²) in [5, 5.41) is 7.56. The van der Waals surface area contributed by atoms with E-state index in [4.69, 9.17) is 11.6 Å². The zero-order chi connectivity index (χ0) is 15.2. The van der Waals surface area contributed by atoms with Crippen molar-refractivity contribution in [2.45, 2.75) is 26.8 Å². The molecule has 0 amide bonds. The summed E-state index contributed by atoms with van der Waals surface area (Å²) in [6, 6.07) is 9.72. The Hall–Kier alpha value is -1.81. The van der Waals surface area contributed by atoms with Gasteiger partial charge in [-0.1, -0.05) is 55.8 Å². The number of benzene rings is 1. The molecule has 1 heterocycles. The van der Waals surface area contributed by atoms with Gasteiger partial charge in [0, 0.05) is 6.54 Å². The van der Waals surface area contributed by atoms with Crippen molar-refractivity contribution in [3.8, 4) is 0 Å². The molecule has 0 atom stereocenters. The zero-order valence-electron chi connectivity index (χ0n) is 12.3. The largest absolute Gasteiger partial charge is 0.382 e. The summed E-state index contributed by atoms with van der Waals surface area (Å²) in [5.41, 5.74) is 1.35. The molecule has 4 nitrogen and oxygen atoms in total. The second kappa shape index (κ2) is 7.27. The first-order valence-electron chi connectivity index (χ1n) is 7.11. The first-order valence-corrected chi connectivity index (χ1v) is 7.49. The maximum absolute atomic E-state index is 12.2. The van der Waals surface area contributed by atoms with E-state index in [1.54, 1.807) is 6.20 Å². The maximum atomic E-state index is 12.2. The molecular weight excluding hydrogens is 286 g/mol. The lowest BCUT2D eigenvalue weighted by Gasteiger charge is -2.11. The van der Waals surface area contributed by atoms with Crippen LogP contribution in [0.5, 0.6) is 0 Å². The minimum absolute atomic E-state index is 0.199. The molecule has 0 fully saturated rings. The number of nitrogens with zero attached hydrogens (tertiary/aromatic N) is 2. The van der Waals surface area contributed by atoms with Crippen molar-refractivity contribution in [1.29, 1.82) is 0 Å². The smallest absolute Gasteiger partial charge is 0.287 e. The predicted molar refractivity (Wildman–Crippen MR) is 87.0 cm³/mol. The lowest BCUT2D eigenvalue weighted by molar-refractivity contribution is 0.605. The summed E-state index contributed by atoms with van der Waals surface area (Å²) in [6.07, 6.45) is 2.64. The first kappa shape index (κ1) is 15.6. The fourth-order valence-corrected chi connectivity index (χ4v) is 2.17. The molecule has 2 aromatic rings. The van der Waals surface area contributed by atoms with Gasteiger partial charge < -0.3 is 5.32 Å². The molecule has 0 aliphatic rings. The summed E-state index contributed by atoms with van der Waals surface area (Å²) in [6.45, 7) is 5.51. The lowest BCUT2D eigenvalue weighted by atomic mass is 10.1. The van der Waals surface area contributed by atoms with Crippen molar-refractivity contribution in [2.75, 3.05) is 11.9 Å². The molecular formula is C16H20ClN3O. The molecule has 1 aromatic heterocycles. The minimum atomic E-state index is -0.268. The van der Waals surface area contributed by atoms with Gasteiger partial charge in [-0.25, -0.2) is 4.68 Å². The van der Waals surface area contributed by atoms with E-state index >= 15 is 0 Å². The number of nitrogens with one attached hydrogen (secondary N) is 1. The molecule has 2 rings (SSSR count). The van der Waals surface area contributed by atoms with Crippen molar-refractivity contribution in [3.05, 3.63) is 57.5 Å². The van der Waals surface area contributed by atoms with Gasteiger partial charge in [0.15, 0.2) is 0 Å². The second-order valence-corrected chi connectivity index (χ2v) is 5.81. The number of halogens is 1. The van der Waals surface area contributed by atoms with Crippen LogP contribution in [0.1, 0.15) is 25.8 Å². The summed E-state index contributed by atoms with van der Waals surface area (Å²) in [4.78, 5) is 12.2. The van der Waals surface area contributed by atoms with Crippen molar-refractivity contribution < 1.29 is 0 Å². The Balaban J connectivity index is 2.12. The number of rotatable bonds is 6. The van der Waals surface area contributed by atoms with Crippen LogP contribution in [0, 0.1) is 5.92 Å². The molecule has 0 bridgehead atoms. The van der Waals surface area contributed by atoms with E-state index in [-0.39, 0.29) is 10.6 Å². The molecule has 0 saturated carbocycles. The zero-order valence-corrected chi connectivity index (χ0v) is 13.1. The highest BCUT2D eigenvalue weighted by Crippen LogP contribution is 2.16. The summed E-state index contributed by atoms with van der Waals surface area (Å²) >= 11 is 6.14. The van der Waals surface area contributed by atoms with E-state index in [0.29, 0.717) is 18.2 Å². The van der Waals surface area contributed by atoms with Crippen LogP contribution in [0.4, 0.5) is 5.69 Å². The second-order valence-electron chi connectivity index (χ2n) is 5.43. The molecule has 1 aromatic carbocycles. The van der Waals surface area contributed by atoms with E-state index in [2.05, 4.69) is 24.3 Å². The van der Waals surface area contributed by atoms with Crippen molar-refractivity contribution in [1.82, 2.24) is 9.78 Å². The fourth-order valence-electron chi connectivity index (χ4n) is 1.95. The van der Waals surface area contributed by atoms with E-state index < -0.39 is 0 Å². The highest BCUT2D eigenvalue weighted by Gasteiger charge is 2.09. The quantitative estimate of drug-likeness (QED) is 0.889. The Morgan fingerprint density at radius 3 is 2.67 bits per heavy atom. The third-order valence-corrected chi connectivity index (χ3v) is 3.56. The van der Waals surface area contributed by atoms with E-state index in [0.717, 1.165) is 18.5 Å². The third-order valence-electron chi connectivity index (χ3n) is 3.20. The van der Waals surface area contributed by atoms with Crippen molar-refractivity contribution in [2.24, 2.45) is 5.92 Å². The maximum Gasteiger partial charge on any atom is 0.287 e. The summed E-state index contributed by atoms with van der Waals surface area (Å²) < 4.78 is 1.38. The summed E-state index contributed by atoms with van der Waals surface area (Å²) in [7, 11) is 0. The molecule has 0 radical (unpaired) electrons. The average Bonchev–Trinajstić information content (AvgIpc) is 2.47. The van der Waals surface area contributed by atoms with E-state index in [1.165, 1.54) is 4.68 Å². The number of aromatic nitrogens is 2. The van der Waals surface area contributed by atoms with Gasteiger partial charge in [0.25, 0.3) is 5.56 Å². The van der Waals surface area contributed by atoms with Gasteiger partial charge >= 0.3 is 0 Å². The van der Waals surface area contributed by atoms with Gasteiger partial charge in [0.2, 0.25) is 0 Å². The number of hydrogen-bond donors (Lipinski definition) is 1. The van der Waals surface area contributed by atoms with Crippen LogP contribution in [0.15, 0.2) is 41.3 Å². The van der Waals surface area contributed by atoms with Crippen molar-refractivity contribution >= 4 is 17.3 Å². The van der Waals surface area contributed by atoms with Crippen LogP contribution in [0.25, 0.3) is 0 Å². The van der Waals surface area contributed by atoms with Gasteiger partial charge in [-0.3, -0.25) is 4.79 Å². The number of anilines is 1. The van der Waals surface area contributed by atoms with Crippen LogP contribution in [0.3, 0.4) is 0 Å². The van der Waals surface area contributed by atoms with Gasteiger partial charge in [0.1, 0.15) is 5.02 Å². The van der Waals surface area contributed by atoms with Crippen LogP contribution >= 0.6 is 11.6 Å². The van der Waals surface area contributed by atoms with Gasteiger partial charge in [-0.15, -0.1) is 0 Å². The minimum Gasteiger partial charge on any atom is -0.382 e. The Morgan fingerprint density at radius 2 is 2.00 bits per heavy atom. The Morgan fingerprint density at radius 1 is 1.29 bits per heavy atom. The van der Waals surface area contributed by atoms with Crippen molar-refractivity contribution in [3.63, 3.8) is 0 Å². The van der Waals surface area contributed by atoms with E-state index in [9.17, 15) is 4.79 Å². The Bertz CT molecular complexity index is 638. The lowest BCUT2D eigenvalue weighted by Crippen LogP contribution is -2.25.